The highest BCUT2D eigenvalue weighted by molar-refractivity contribution is 7.09. The third kappa shape index (κ3) is 4.78. The molecule has 0 aliphatic rings. The minimum Gasteiger partial charge on any atom is -0.359 e. The Morgan fingerprint density at radius 2 is 2.16 bits per heavy atom. The number of benzene rings is 1. The van der Waals surface area contributed by atoms with Crippen LogP contribution >= 0.6 is 22.9 Å². The SMILES string of the molecule is CN(CCc1nccs1)c1ccc(C(=O)Nc2cccc(Cl)c2)cn1. The fraction of sp³-hybridized carbons (Fsp3) is 0.167. The third-order valence-electron chi connectivity index (χ3n) is 3.63. The van der Waals surface area contributed by atoms with Crippen molar-refractivity contribution in [3.05, 3.63) is 69.8 Å². The summed E-state index contributed by atoms with van der Waals surface area (Å²) in [4.78, 5) is 23.0. The minimum atomic E-state index is -0.216. The lowest BCUT2D eigenvalue weighted by Crippen LogP contribution is -2.21. The van der Waals surface area contributed by atoms with Crippen LogP contribution in [-0.2, 0) is 6.42 Å². The van der Waals surface area contributed by atoms with E-state index in [9.17, 15) is 4.79 Å². The molecule has 0 radical (unpaired) electrons. The molecule has 128 valence electrons. The molecular formula is C18H17ClN4OS. The number of anilines is 2. The highest BCUT2D eigenvalue weighted by Crippen LogP contribution is 2.17. The molecule has 0 saturated carbocycles. The van der Waals surface area contributed by atoms with Crippen LogP contribution in [-0.4, -0.2) is 29.5 Å². The molecule has 0 aliphatic carbocycles. The number of hydrogen-bond acceptors (Lipinski definition) is 5. The maximum atomic E-state index is 12.3. The van der Waals surface area contributed by atoms with Crippen LogP contribution in [0.25, 0.3) is 0 Å². The normalized spacial score (nSPS) is 10.5. The van der Waals surface area contributed by atoms with Crippen molar-refractivity contribution in [1.82, 2.24) is 9.97 Å². The molecule has 0 fully saturated rings. The van der Waals surface area contributed by atoms with Crippen molar-refractivity contribution >= 4 is 40.4 Å². The van der Waals surface area contributed by atoms with E-state index in [-0.39, 0.29) is 5.91 Å². The van der Waals surface area contributed by atoms with Crippen molar-refractivity contribution in [2.45, 2.75) is 6.42 Å². The van der Waals surface area contributed by atoms with Crippen LogP contribution < -0.4 is 10.2 Å². The van der Waals surface area contributed by atoms with Gasteiger partial charge in [0, 0.05) is 48.5 Å². The first-order chi connectivity index (χ1) is 12.1. The van der Waals surface area contributed by atoms with Crippen molar-refractivity contribution in [2.24, 2.45) is 0 Å². The van der Waals surface area contributed by atoms with Gasteiger partial charge >= 0.3 is 0 Å². The number of carbonyl (C=O) groups is 1. The van der Waals surface area contributed by atoms with Gasteiger partial charge in [0.15, 0.2) is 0 Å². The summed E-state index contributed by atoms with van der Waals surface area (Å²) < 4.78 is 0. The van der Waals surface area contributed by atoms with E-state index in [4.69, 9.17) is 11.6 Å². The largest absolute Gasteiger partial charge is 0.359 e. The summed E-state index contributed by atoms with van der Waals surface area (Å²) >= 11 is 7.57. The van der Waals surface area contributed by atoms with Crippen LogP contribution in [0.2, 0.25) is 5.02 Å². The number of pyridine rings is 1. The molecule has 1 amide bonds. The average molecular weight is 373 g/mol. The first-order valence-electron chi connectivity index (χ1n) is 7.74. The number of aromatic nitrogens is 2. The highest BCUT2D eigenvalue weighted by atomic mass is 35.5. The van der Waals surface area contributed by atoms with Gasteiger partial charge in [0.2, 0.25) is 0 Å². The molecule has 0 spiro atoms. The molecule has 2 heterocycles. The smallest absolute Gasteiger partial charge is 0.257 e. The molecule has 1 aromatic carbocycles. The molecule has 2 aromatic heterocycles. The fourth-order valence-corrected chi connectivity index (χ4v) is 3.07. The van der Waals surface area contributed by atoms with Crippen molar-refractivity contribution in [3.63, 3.8) is 0 Å². The molecule has 0 bridgehead atoms. The van der Waals surface area contributed by atoms with E-state index in [0.717, 1.165) is 23.8 Å². The van der Waals surface area contributed by atoms with Gasteiger partial charge in [-0.3, -0.25) is 4.79 Å². The zero-order valence-electron chi connectivity index (χ0n) is 13.6. The van der Waals surface area contributed by atoms with Gasteiger partial charge < -0.3 is 10.2 Å². The molecular weight excluding hydrogens is 356 g/mol. The molecule has 7 heteroatoms. The molecule has 0 atom stereocenters. The lowest BCUT2D eigenvalue weighted by Gasteiger charge is -2.17. The standard InChI is InChI=1S/C18H17ClN4OS/c1-23(9-7-17-20-8-10-25-17)16-6-5-13(12-21-16)18(24)22-15-4-2-3-14(19)11-15/h2-6,8,10-12H,7,9H2,1H3,(H,22,24). The van der Waals surface area contributed by atoms with Gasteiger partial charge in [0.25, 0.3) is 5.91 Å². The maximum Gasteiger partial charge on any atom is 0.257 e. The Hall–Kier alpha value is -2.44. The third-order valence-corrected chi connectivity index (χ3v) is 4.70. The van der Waals surface area contributed by atoms with E-state index in [1.165, 1.54) is 0 Å². The Bertz CT molecular complexity index is 837. The molecule has 1 N–H and O–H groups in total. The minimum absolute atomic E-state index is 0.216. The lowest BCUT2D eigenvalue weighted by molar-refractivity contribution is 0.102. The Balaban J connectivity index is 1.60. The quantitative estimate of drug-likeness (QED) is 0.707. The second-order valence-corrected chi connectivity index (χ2v) is 6.88. The summed E-state index contributed by atoms with van der Waals surface area (Å²) in [7, 11) is 1.97. The van der Waals surface area contributed by atoms with Crippen LogP contribution in [0.4, 0.5) is 11.5 Å². The van der Waals surface area contributed by atoms with Gasteiger partial charge in [-0.25, -0.2) is 9.97 Å². The highest BCUT2D eigenvalue weighted by Gasteiger charge is 2.09. The number of nitrogens with one attached hydrogen (secondary N) is 1. The van der Waals surface area contributed by atoms with Gasteiger partial charge in [-0.1, -0.05) is 17.7 Å². The topological polar surface area (TPSA) is 58.1 Å². The first-order valence-corrected chi connectivity index (χ1v) is 9.00. The number of carbonyl (C=O) groups excluding carboxylic acids is 1. The van der Waals surface area contributed by atoms with Gasteiger partial charge in [-0.05, 0) is 30.3 Å². The summed E-state index contributed by atoms with van der Waals surface area (Å²) in [5.41, 5.74) is 1.15. The van der Waals surface area contributed by atoms with Gasteiger partial charge in [-0.2, -0.15) is 0 Å². The van der Waals surface area contributed by atoms with Crippen LogP contribution in [0, 0.1) is 0 Å². The van der Waals surface area contributed by atoms with Crippen molar-refractivity contribution in [1.29, 1.82) is 0 Å². The van der Waals surface area contributed by atoms with E-state index >= 15 is 0 Å². The van der Waals surface area contributed by atoms with Crippen molar-refractivity contribution in [2.75, 3.05) is 23.8 Å². The van der Waals surface area contributed by atoms with Gasteiger partial charge in [0.05, 0.1) is 10.6 Å². The number of amides is 1. The van der Waals surface area contributed by atoms with E-state index in [1.807, 2.05) is 29.6 Å². The first kappa shape index (κ1) is 17.4. The van der Waals surface area contributed by atoms with Crippen LogP contribution in [0.1, 0.15) is 15.4 Å². The Labute approximate surface area is 155 Å². The molecule has 3 rings (SSSR count). The zero-order valence-corrected chi connectivity index (χ0v) is 15.2. The summed E-state index contributed by atoms with van der Waals surface area (Å²) in [6.07, 6.45) is 4.26. The number of rotatable bonds is 6. The Kier molecular flexibility index (Phi) is 5.63. The molecule has 0 saturated heterocycles. The van der Waals surface area contributed by atoms with Gasteiger partial charge in [0.1, 0.15) is 5.82 Å². The Morgan fingerprint density at radius 1 is 1.28 bits per heavy atom. The lowest BCUT2D eigenvalue weighted by atomic mass is 10.2. The van der Waals surface area contributed by atoms with Gasteiger partial charge in [-0.15, -0.1) is 11.3 Å². The van der Waals surface area contributed by atoms with E-state index in [1.54, 1.807) is 47.9 Å². The summed E-state index contributed by atoms with van der Waals surface area (Å²) in [6, 6.07) is 10.6. The Morgan fingerprint density at radius 3 is 2.84 bits per heavy atom. The van der Waals surface area contributed by atoms with E-state index in [2.05, 4.69) is 15.3 Å². The molecule has 0 aliphatic heterocycles. The van der Waals surface area contributed by atoms with Crippen molar-refractivity contribution < 1.29 is 4.79 Å². The number of nitrogens with zero attached hydrogens (tertiary/aromatic N) is 3. The summed E-state index contributed by atoms with van der Waals surface area (Å²) in [5, 5.41) is 6.46. The number of thiazole rings is 1. The van der Waals surface area contributed by atoms with E-state index in [0.29, 0.717) is 16.3 Å². The predicted molar refractivity (Wildman–Crippen MR) is 103 cm³/mol. The molecule has 5 nitrogen and oxygen atoms in total. The maximum absolute atomic E-state index is 12.3. The number of halogens is 1. The summed E-state index contributed by atoms with van der Waals surface area (Å²) in [5.74, 6) is 0.600. The van der Waals surface area contributed by atoms with Crippen LogP contribution in [0.5, 0.6) is 0 Å². The fourth-order valence-electron chi connectivity index (χ4n) is 2.27. The second-order valence-electron chi connectivity index (χ2n) is 5.47. The second kappa shape index (κ2) is 8.09. The van der Waals surface area contributed by atoms with Crippen LogP contribution in [0.3, 0.4) is 0 Å². The monoisotopic (exact) mass is 372 g/mol. The predicted octanol–water partition coefficient (Wildman–Crippen LogP) is 4.12. The molecule has 0 unspecified atom stereocenters. The molecule has 3 aromatic rings. The average Bonchev–Trinajstić information content (AvgIpc) is 3.13. The zero-order chi connectivity index (χ0) is 17.6. The van der Waals surface area contributed by atoms with Crippen LogP contribution in [0.15, 0.2) is 54.2 Å². The van der Waals surface area contributed by atoms with E-state index < -0.39 is 0 Å². The number of hydrogen-bond donors (Lipinski definition) is 1. The number of likely N-dealkylation sites (N-methyl/N-ethyl adjacent to an activating group) is 1. The van der Waals surface area contributed by atoms with Crippen molar-refractivity contribution in [3.8, 4) is 0 Å². The molecule has 25 heavy (non-hydrogen) atoms. The summed E-state index contributed by atoms with van der Waals surface area (Å²) in [6.45, 7) is 0.814.